The van der Waals surface area contributed by atoms with Gasteiger partial charge in [-0.2, -0.15) is 9.78 Å². The van der Waals surface area contributed by atoms with Crippen molar-refractivity contribution in [1.82, 2.24) is 9.78 Å². The summed E-state index contributed by atoms with van der Waals surface area (Å²) in [5.74, 6) is 0. The normalized spacial score (nSPS) is 15.0. The number of benzene rings is 2. The molecule has 0 spiro atoms. The number of piperazine rings is 1. The Kier molecular flexibility index (Phi) is 5.46. The van der Waals surface area contributed by atoms with Crippen LogP contribution in [0.4, 0.5) is 5.69 Å². The molecule has 0 radical (unpaired) electrons. The minimum Gasteiger partial charge on any atom is -0.358 e. The Hall–Kier alpha value is -2.63. The van der Waals surface area contributed by atoms with E-state index in [0.717, 1.165) is 38.4 Å². The van der Waals surface area contributed by atoms with Crippen LogP contribution in [0.2, 0.25) is 5.02 Å². The van der Waals surface area contributed by atoms with E-state index in [0.29, 0.717) is 5.69 Å². The highest BCUT2D eigenvalue weighted by molar-refractivity contribution is 6.33. The summed E-state index contributed by atoms with van der Waals surface area (Å²) in [4.78, 5) is 16.4. The van der Waals surface area contributed by atoms with E-state index in [1.165, 1.54) is 15.8 Å². The molecule has 2 aromatic carbocycles. The second-order valence-corrected chi connectivity index (χ2v) is 7.67. The monoisotopic (exact) mass is 395 g/mol. The third-order valence-electron chi connectivity index (χ3n) is 5.29. The van der Waals surface area contributed by atoms with Crippen LogP contribution in [0.25, 0.3) is 5.69 Å². The molecule has 1 N–H and O–H groups in total. The van der Waals surface area contributed by atoms with Crippen molar-refractivity contribution in [3.63, 3.8) is 0 Å². The molecule has 0 aliphatic carbocycles. The molecule has 4 rings (SSSR count). The van der Waals surface area contributed by atoms with E-state index in [9.17, 15) is 4.79 Å². The Bertz CT molecular complexity index is 993. The molecule has 0 unspecified atom stereocenters. The van der Waals surface area contributed by atoms with Crippen molar-refractivity contribution in [2.45, 2.75) is 13.5 Å². The fourth-order valence-electron chi connectivity index (χ4n) is 3.63. The van der Waals surface area contributed by atoms with Crippen LogP contribution in [0, 0.1) is 6.92 Å². The highest BCUT2D eigenvalue weighted by Crippen LogP contribution is 2.21. The highest BCUT2D eigenvalue weighted by atomic mass is 35.5. The van der Waals surface area contributed by atoms with Gasteiger partial charge < -0.3 is 9.80 Å². The quantitative estimate of drug-likeness (QED) is 0.735. The molecule has 1 saturated heterocycles. The number of aromatic nitrogens is 2. The van der Waals surface area contributed by atoms with E-state index in [1.54, 1.807) is 11.1 Å². The number of aryl methyl sites for hydroxylation is 1. The first-order chi connectivity index (χ1) is 13.6. The highest BCUT2D eigenvalue weighted by Gasteiger charge is 2.23. The Morgan fingerprint density at radius 1 is 1.04 bits per heavy atom. The van der Waals surface area contributed by atoms with E-state index in [-0.39, 0.29) is 10.6 Å². The molecule has 28 heavy (non-hydrogen) atoms. The molecule has 1 aliphatic heterocycles. The lowest BCUT2D eigenvalue weighted by Gasteiger charge is -2.33. The summed E-state index contributed by atoms with van der Waals surface area (Å²) in [7, 11) is 0. The summed E-state index contributed by atoms with van der Waals surface area (Å²) in [5.41, 5.74) is 3.82. The number of quaternary nitrogens is 1. The van der Waals surface area contributed by atoms with Gasteiger partial charge >= 0.3 is 0 Å². The molecule has 0 amide bonds. The van der Waals surface area contributed by atoms with Crippen molar-refractivity contribution < 1.29 is 4.90 Å². The van der Waals surface area contributed by atoms with Crippen LogP contribution in [0.5, 0.6) is 0 Å². The zero-order chi connectivity index (χ0) is 19.5. The van der Waals surface area contributed by atoms with Crippen LogP contribution in [-0.4, -0.2) is 36.0 Å². The van der Waals surface area contributed by atoms with Crippen molar-refractivity contribution in [3.05, 3.63) is 87.3 Å². The molecular formula is C22H24ClN4O+. The molecular weight excluding hydrogens is 372 g/mol. The molecule has 144 valence electrons. The van der Waals surface area contributed by atoms with Crippen LogP contribution in [0.3, 0.4) is 0 Å². The van der Waals surface area contributed by atoms with Gasteiger partial charge in [0.1, 0.15) is 11.6 Å². The summed E-state index contributed by atoms with van der Waals surface area (Å²) in [6.45, 7) is 6.86. The van der Waals surface area contributed by atoms with Gasteiger partial charge in [-0.1, -0.05) is 59.6 Å². The van der Waals surface area contributed by atoms with E-state index in [2.05, 4.69) is 41.2 Å². The van der Waals surface area contributed by atoms with E-state index in [1.807, 2.05) is 30.3 Å². The third kappa shape index (κ3) is 3.96. The molecule has 0 atom stereocenters. The number of hydrogen-bond donors (Lipinski definition) is 1. The SMILES string of the molecule is Cc1ccc(C[NH+]2CCN(c3cnn(-c4ccccc4)c(=O)c3Cl)CC2)cc1. The first-order valence-corrected chi connectivity index (χ1v) is 9.97. The first-order valence-electron chi connectivity index (χ1n) is 9.59. The fraction of sp³-hybridized carbons (Fsp3) is 0.273. The number of anilines is 1. The molecule has 1 aliphatic rings. The lowest BCUT2D eigenvalue weighted by atomic mass is 10.1. The third-order valence-corrected chi connectivity index (χ3v) is 5.64. The maximum absolute atomic E-state index is 12.7. The number of halogens is 1. The fourth-order valence-corrected chi connectivity index (χ4v) is 3.88. The Balaban J connectivity index is 1.45. The van der Waals surface area contributed by atoms with Crippen molar-refractivity contribution in [2.24, 2.45) is 0 Å². The van der Waals surface area contributed by atoms with E-state index >= 15 is 0 Å². The molecule has 3 aromatic rings. The maximum atomic E-state index is 12.7. The van der Waals surface area contributed by atoms with Crippen LogP contribution in [0.15, 0.2) is 65.6 Å². The van der Waals surface area contributed by atoms with Crippen molar-refractivity contribution in [2.75, 3.05) is 31.1 Å². The molecule has 5 nitrogen and oxygen atoms in total. The summed E-state index contributed by atoms with van der Waals surface area (Å²) >= 11 is 6.44. The maximum Gasteiger partial charge on any atom is 0.292 e. The van der Waals surface area contributed by atoms with Gasteiger partial charge in [-0.05, 0) is 19.1 Å². The molecule has 1 aromatic heterocycles. The van der Waals surface area contributed by atoms with E-state index < -0.39 is 0 Å². The minimum absolute atomic E-state index is 0.237. The summed E-state index contributed by atoms with van der Waals surface area (Å²) in [6, 6.07) is 18.1. The second kappa shape index (κ2) is 8.17. The first kappa shape index (κ1) is 18.7. The predicted octanol–water partition coefficient (Wildman–Crippen LogP) is 2.10. The summed E-state index contributed by atoms with van der Waals surface area (Å²) in [5, 5.41) is 4.59. The van der Waals surface area contributed by atoms with Gasteiger partial charge in [0.2, 0.25) is 0 Å². The topological polar surface area (TPSA) is 42.6 Å². The molecule has 0 saturated carbocycles. The molecule has 1 fully saturated rings. The minimum atomic E-state index is -0.278. The van der Waals surface area contributed by atoms with Gasteiger partial charge in [0.05, 0.1) is 43.8 Å². The zero-order valence-electron chi connectivity index (χ0n) is 15.9. The van der Waals surface area contributed by atoms with Gasteiger partial charge in [0.15, 0.2) is 0 Å². The second-order valence-electron chi connectivity index (χ2n) is 7.30. The van der Waals surface area contributed by atoms with Crippen LogP contribution in [0.1, 0.15) is 11.1 Å². The van der Waals surface area contributed by atoms with Gasteiger partial charge in [-0.25, -0.2) is 0 Å². The van der Waals surface area contributed by atoms with Crippen LogP contribution in [-0.2, 0) is 6.54 Å². The standard InChI is InChI=1S/C22H23ClN4O/c1-17-7-9-18(10-8-17)16-25-11-13-26(14-12-25)20-15-24-27(22(28)21(20)23)19-5-3-2-4-6-19/h2-10,15H,11-14,16H2,1H3/p+1. The van der Waals surface area contributed by atoms with Gasteiger partial charge in [0.25, 0.3) is 5.56 Å². The van der Waals surface area contributed by atoms with Gasteiger partial charge in [-0.15, -0.1) is 0 Å². The number of hydrogen-bond acceptors (Lipinski definition) is 3. The summed E-state index contributed by atoms with van der Waals surface area (Å²) < 4.78 is 1.35. The largest absolute Gasteiger partial charge is 0.358 e. The average Bonchev–Trinajstić information content (AvgIpc) is 2.73. The lowest BCUT2D eigenvalue weighted by molar-refractivity contribution is -0.914. The Morgan fingerprint density at radius 2 is 1.71 bits per heavy atom. The molecule has 6 heteroatoms. The van der Waals surface area contributed by atoms with Gasteiger partial charge in [-0.3, -0.25) is 4.79 Å². The zero-order valence-corrected chi connectivity index (χ0v) is 16.7. The van der Waals surface area contributed by atoms with Crippen molar-refractivity contribution in [1.29, 1.82) is 0 Å². The van der Waals surface area contributed by atoms with E-state index in [4.69, 9.17) is 11.6 Å². The smallest absolute Gasteiger partial charge is 0.292 e. The molecule has 2 heterocycles. The number of nitrogens with one attached hydrogen (secondary N) is 1. The van der Waals surface area contributed by atoms with Crippen molar-refractivity contribution >= 4 is 17.3 Å². The van der Waals surface area contributed by atoms with Crippen molar-refractivity contribution in [3.8, 4) is 5.69 Å². The lowest BCUT2D eigenvalue weighted by Crippen LogP contribution is -3.13. The number of para-hydroxylation sites is 1. The number of nitrogens with zero attached hydrogens (tertiary/aromatic N) is 3. The van der Waals surface area contributed by atoms with Crippen LogP contribution >= 0.6 is 11.6 Å². The average molecular weight is 396 g/mol. The Labute approximate surface area is 169 Å². The van der Waals surface area contributed by atoms with Gasteiger partial charge in [0, 0.05) is 5.56 Å². The van der Waals surface area contributed by atoms with Crippen LogP contribution < -0.4 is 15.4 Å². The number of rotatable bonds is 4. The summed E-state index contributed by atoms with van der Waals surface area (Å²) in [6.07, 6.45) is 1.71. The predicted molar refractivity (Wildman–Crippen MR) is 113 cm³/mol. The molecule has 0 bridgehead atoms. The Morgan fingerprint density at radius 3 is 2.39 bits per heavy atom.